The van der Waals surface area contributed by atoms with Gasteiger partial charge < -0.3 is 9.47 Å². The highest BCUT2D eigenvalue weighted by atomic mass is 19.4. The van der Waals surface area contributed by atoms with Crippen molar-refractivity contribution in [3.63, 3.8) is 0 Å². The first-order valence-corrected chi connectivity index (χ1v) is 5.34. The van der Waals surface area contributed by atoms with Gasteiger partial charge >= 0.3 is 6.18 Å². The smallest absolute Gasteiger partial charge is 0.381 e. The van der Waals surface area contributed by atoms with Gasteiger partial charge in [0.05, 0.1) is 19.1 Å². The summed E-state index contributed by atoms with van der Waals surface area (Å²) in [5.41, 5.74) is 0. The van der Waals surface area contributed by atoms with Crippen molar-refractivity contribution in [2.24, 2.45) is 0 Å². The van der Waals surface area contributed by atoms with Gasteiger partial charge in [0.1, 0.15) is 0 Å². The van der Waals surface area contributed by atoms with E-state index in [0.717, 1.165) is 25.9 Å². The summed E-state index contributed by atoms with van der Waals surface area (Å²) in [6.45, 7) is 0.893. The predicted octanol–water partition coefficient (Wildman–Crippen LogP) is 2.91. The van der Waals surface area contributed by atoms with E-state index in [4.69, 9.17) is 9.47 Å². The maximum absolute atomic E-state index is 11.7. The van der Waals surface area contributed by atoms with Crippen molar-refractivity contribution < 1.29 is 22.6 Å². The van der Waals surface area contributed by atoms with Gasteiger partial charge in [-0.25, -0.2) is 0 Å². The van der Waals surface area contributed by atoms with Crippen molar-refractivity contribution >= 4 is 0 Å². The largest absolute Gasteiger partial charge is 0.391 e. The molecule has 2 nitrogen and oxygen atoms in total. The molecule has 1 saturated heterocycles. The molecule has 1 aliphatic heterocycles. The third-order valence-corrected chi connectivity index (χ3v) is 2.39. The second kappa shape index (κ2) is 6.33. The van der Waals surface area contributed by atoms with Crippen LogP contribution in [-0.2, 0) is 9.47 Å². The second-order valence-corrected chi connectivity index (χ2v) is 3.75. The molecule has 1 unspecified atom stereocenters. The molecule has 0 aromatic carbocycles. The molecule has 0 spiro atoms. The van der Waals surface area contributed by atoms with Crippen LogP contribution in [0.3, 0.4) is 0 Å². The van der Waals surface area contributed by atoms with E-state index in [1.165, 1.54) is 0 Å². The predicted molar refractivity (Wildman–Crippen MR) is 49.7 cm³/mol. The van der Waals surface area contributed by atoms with Crippen molar-refractivity contribution in [1.82, 2.24) is 0 Å². The molecule has 0 saturated carbocycles. The lowest BCUT2D eigenvalue weighted by atomic mass is 10.1. The van der Waals surface area contributed by atoms with Crippen molar-refractivity contribution in [2.75, 3.05) is 19.8 Å². The molecule has 1 fully saturated rings. The standard InChI is InChI=1S/C10H17F3O2/c11-10(12,13)5-8-14-7-4-9-3-1-2-6-15-9/h9H,1-8H2. The van der Waals surface area contributed by atoms with Crippen LogP contribution in [0, 0.1) is 0 Å². The third-order valence-electron chi connectivity index (χ3n) is 2.39. The zero-order chi connectivity index (χ0) is 11.1. The zero-order valence-electron chi connectivity index (χ0n) is 8.68. The molecule has 0 bridgehead atoms. The lowest BCUT2D eigenvalue weighted by Crippen LogP contribution is -2.21. The van der Waals surface area contributed by atoms with Crippen molar-refractivity contribution in [3.8, 4) is 0 Å². The first kappa shape index (κ1) is 12.8. The van der Waals surface area contributed by atoms with Gasteiger partial charge in [0.2, 0.25) is 0 Å². The lowest BCUT2D eigenvalue weighted by Gasteiger charge is -2.22. The molecule has 1 atom stereocenters. The molecular formula is C10H17F3O2. The Bertz CT molecular complexity index is 165. The van der Waals surface area contributed by atoms with E-state index >= 15 is 0 Å². The summed E-state index contributed by atoms with van der Waals surface area (Å²) in [6.07, 6.45) is -0.844. The van der Waals surface area contributed by atoms with Gasteiger partial charge in [-0.1, -0.05) is 0 Å². The summed E-state index contributed by atoms with van der Waals surface area (Å²) in [6, 6.07) is 0. The highest BCUT2D eigenvalue weighted by molar-refractivity contribution is 4.63. The monoisotopic (exact) mass is 226 g/mol. The van der Waals surface area contributed by atoms with Crippen LogP contribution in [0.1, 0.15) is 32.1 Å². The van der Waals surface area contributed by atoms with Crippen LogP contribution in [-0.4, -0.2) is 32.1 Å². The molecule has 1 heterocycles. The fourth-order valence-electron chi connectivity index (χ4n) is 1.54. The van der Waals surface area contributed by atoms with Crippen molar-refractivity contribution in [1.29, 1.82) is 0 Å². The topological polar surface area (TPSA) is 18.5 Å². The number of rotatable bonds is 5. The summed E-state index contributed by atoms with van der Waals surface area (Å²) in [4.78, 5) is 0. The van der Waals surface area contributed by atoms with Crippen LogP contribution in [0.2, 0.25) is 0 Å². The third kappa shape index (κ3) is 6.73. The maximum Gasteiger partial charge on any atom is 0.391 e. The van der Waals surface area contributed by atoms with Gasteiger partial charge in [-0.15, -0.1) is 0 Å². The molecule has 0 aliphatic carbocycles. The molecule has 5 heteroatoms. The Morgan fingerprint density at radius 3 is 2.60 bits per heavy atom. The average Bonchev–Trinajstić information content (AvgIpc) is 2.17. The van der Waals surface area contributed by atoms with Crippen LogP contribution in [0.25, 0.3) is 0 Å². The Kier molecular flexibility index (Phi) is 5.39. The Hall–Kier alpha value is -0.290. The molecule has 1 rings (SSSR count). The lowest BCUT2D eigenvalue weighted by molar-refractivity contribution is -0.145. The first-order chi connectivity index (χ1) is 7.08. The van der Waals surface area contributed by atoms with Gasteiger partial charge in [-0.3, -0.25) is 0 Å². The number of halogens is 3. The van der Waals surface area contributed by atoms with Gasteiger partial charge in [0.25, 0.3) is 0 Å². The molecule has 0 radical (unpaired) electrons. The Morgan fingerprint density at radius 1 is 1.20 bits per heavy atom. The highest BCUT2D eigenvalue weighted by Crippen LogP contribution is 2.19. The van der Waals surface area contributed by atoms with E-state index in [-0.39, 0.29) is 12.7 Å². The van der Waals surface area contributed by atoms with E-state index in [1.54, 1.807) is 0 Å². The summed E-state index contributed by atoms with van der Waals surface area (Å²) >= 11 is 0. The molecule has 0 amide bonds. The fourth-order valence-corrected chi connectivity index (χ4v) is 1.54. The van der Waals surface area contributed by atoms with Crippen LogP contribution in [0.15, 0.2) is 0 Å². The molecule has 0 N–H and O–H groups in total. The molecule has 90 valence electrons. The molecule has 0 aromatic heterocycles. The van der Waals surface area contributed by atoms with E-state index in [1.807, 2.05) is 0 Å². The molecule has 15 heavy (non-hydrogen) atoms. The van der Waals surface area contributed by atoms with Gasteiger partial charge in [-0.2, -0.15) is 13.2 Å². The Morgan fingerprint density at radius 2 is 2.00 bits per heavy atom. The number of ether oxygens (including phenoxy) is 2. The SMILES string of the molecule is FC(F)(F)CCOCCC1CCCCO1. The van der Waals surface area contributed by atoms with Crippen LogP contribution < -0.4 is 0 Å². The zero-order valence-corrected chi connectivity index (χ0v) is 8.68. The first-order valence-electron chi connectivity index (χ1n) is 5.34. The second-order valence-electron chi connectivity index (χ2n) is 3.75. The molecule has 0 aromatic rings. The minimum atomic E-state index is -4.11. The van der Waals surface area contributed by atoms with Crippen molar-refractivity contribution in [3.05, 3.63) is 0 Å². The summed E-state index contributed by atoms with van der Waals surface area (Å²) in [7, 11) is 0. The normalized spacial score (nSPS) is 23.0. The van der Waals surface area contributed by atoms with Crippen LogP contribution in [0.5, 0.6) is 0 Å². The number of hydrogen-bond donors (Lipinski definition) is 0. The minimum absolute atomic E-state index is 0.185. The van der Waals surface area contributed by atoms with E-state index in [2.05, 4.69) is 0 Å². The summed E-state index contributed by atoms with van der Waals surface area (Å²) < 4.78 is 45.5. The van der Waals surface area contributed by atoms with Crippen molar-refractivity contribution in [2.45, 2.75) is 44.4 Å². The Balaban J connectivity index is 1.92. The van der Waals surface area contributed by atoms with Gasteiger partial charge in [0, 0.05) is 13.2 Å². The fraction of sp³-hybridized carbons (Fsp3) is 1.00. The van der Waals surface area contributed by atoms with Gasteiger partial charge in [0.15, 0.2) is 0 Å². The molecule has 1 aliphatic rings. The summed E-state index contributed by atoms with van der Waals surface area (Å²) in [5, 5.41) is 0. The van der Waals surface area contributed by atoms with Gasteiger partial charge in [-0.05, 0) is 25.7 Å². The minimum Gasteiger partial charge on any atom is -0.381 e. The molecular weight excluding hydrogens is 209 g/mol. The van der Waals surface area contributed by atoms with E-state index in [0.29, 0.717) is 13.0 Å². The quantitative estimate of drug-likeness (QED) is 0.671. The average molecular weight is 226 g/mol. The van der Waals surface area contributed by atoms with E-state index in [9.17, 15) is 13.2 Å². The Labute approximate surface area is 87.7 Å². The van der Waals surface area contributed by atoms with Crippen LogP contribution in [0.4, 0.5) is 13.2 Å². The highest BCUT2D eigenvalue weighted by Gasteiger charge is 2.26. The van der Waals surface area contributed by atoms with E-state index < -0.39 is 12.6 Å². The number of hydrogen-bond acceptors (Lipinski definition) is 2. The summed E-state index contributed by atoms with van der Waals surface area (Å²) in [5.74, 6) is 0. The van der Waals surface area contributed by atoms with Crippen LogP contribution >= 0.6 is 0 Å². The maximum atomic E-state index is 11.7. The number of alkyl halides is 3.